The van der Waals surface area contributed by atoms with Gasteiger partial charge in [0.1, 0.15) is 17.2 Å². The summed E-state index contributed by atoms with van der Waals surface area (Å²) in [4.78, 5) is 14.7. The molecule has 7 nitrogen and oxygen atoms in total. The molecule has 1 amide bonds. The molecule has 0 radical (unpaired) electrons. The summed E-state index contributed by atoms with van der Waals surface area (Å²) in [7, 11) is 0. The van der Waals surface area contributed by atoms with Crippen LogP contribution < -0.4 is 5.32 Å². The molecule has 3 aromatic rings. The Balaban J connectivity index is 1.33. The van der Waals surface area contributed by atoms with E-state index in [-0.39, 0.29) is 18.0 Å². The van der Waals surface area contributed by atoms with Crippen molar-refractivity contribution in [3.63, 3.8) is 0 Å². The van der Waals surface area contributed by atoms with Crippen molar-refractivity contribution < 1.29 is 14.3 Å². The predicted molar refractivity (Wildman–Crippen MR) is 126 cm³/mol. The molecule has 0 aliphatic carbocycles. The van der Waals surface area contributed by atoms with Crippen molar-refractivity contribution in [3.8, 4) is 11.8 Å². The third kappa shape index (κ3) is 6.28. The Morgan fingerprint density at radius 2 is 1.94 bits per heavy atom. The van der Waals surface area contributed by atoms with E-state index in [9.17, 15) is 14.3 Å². The molecule has 1 aromatic heterocycles. The summed E-state index contributed by atoms with van der Waals surface area (Å²) in [5, 5.41) is 21.1. The summed E-state index contributed by atoms with van der Waals surface area (Å²) in [6, 6.07) is 13.7. The molecule has 34 heavy (non-hydrogen) atoms. The largest absolute Gasteiger partial charge is 0.378 e. The van der Waals surface area contributed by atoms with E-state index in [1.807, 2.05) is 12.1 Å². The Morgan fingerprint density at radius 3 is 2.68 bits per heavy atom. The van der Waals surface area contributed by atoms with Crippen LogP contribution in [0, 0.1) is 17.7 Å². The van der Waals surface area contributed by atoms with Gasteiger partial charge < -0.3 is 15.0 Å². The van der Waals surface area contributed by atoms with Gasteiger partial charge in [-0.05, 0) is 49.7 Å². The fourth-order valence-corrected chi connectivity index (χ4v) is 3.78. The molecule has 0 spiro atoms. The highest BCUT2D eigenvalue weighted by molar-refractivity contribution is 5.94. The van der Waals surface area contributed by atoms with E-state index in [0.29, 0.717) is 5.82 Å². The molecule has 2 N–H and O–H groups in total. The van der Waals surface area contributed by atoms with E-state index in [0.717, 1.165) is 44.0 Å². The van der Waals surface area contributed by atoms with E-state index in [1.54, 1.807) is 19.9 Å². The van der Waals surface area contributed by atoms with Crippen LogP contribution in [-0.2, 0) is 26.1 Å². The highest BCUT2D eigenvalue weighted by Gasteiger charge is 2.19. The van der Waals surface area contributed by atoms with Crippen molar-refractivity contribution in [3.05, 3.63) is 82.7 Å². The number of fused-ring (bicyclic) bond motifs is 1. The Kier molecular flexibility index (Phi) is 7.06. The lowest BCUT2D eigenvalue weighted by atomic mass is 10.1. The Morgan fingerprint density at radius 1 is 1.15 bits per heavy atom. The third-order valence-corrected chi connectivity index (χ3v) is 5.56. The SMILES string of the molecule is CC(C)(O)C#Cc1ccc(CN2CCc3nnc(CNC(=O)c4cccc(F)c4)n3CC2)cc1. The van der Waals surface area contributed by atoms with E-state index < -0.39 is 11.4 Å². The van der Waals surface area contributed by atoms with E-state index in [2.05, 4.69) is 49.0 Å². The van der Waals surface area contributed by atoms with E-state index >= 15 is 0 Å². The number of amides is 1. The van der Waals surface area contributed by atoms with Crippen molar-refractivity contribution in [2.45, 2.75) is 45.5 Å². The zero-order valence-electron chi connectivity index (χ0n) is 19.4. The molecule has 1 aliphatic rings. The number of nitrogens with one attached hydrogen (secondary N) is 1. The molecule has 4 rings (SSSR count). The molecule has 8 heteroatoms. The highest BCUT2D eigenvalue weighted by Crippen LogP contribution is 2.14. The van der Waals surface area contributed by atoms with Crippen LogP contribution in [0.1, 0.15) is 47.0 Å². The number of aromatic nitrogens is 3. The van der Waals surface area contributed by atoms with Crippen molar-refractivity contribution in [2.24, 2.45) is 0 Å². The predicted octanol–water partition coefficient (Wildman–Crippen LogP) is 2.53. The number of rotatable bonds is 5. The van der Waals surface area contributed by atoms with Gasteiger partial charge in [0.05, 0.1) is 6.54 Å². The minimum atomic E-state index is -1.01. The van der Waals surface area contributed by atoms with Gasteiger partial charge in [-0.25, -0.2) is 4.39 Å². The summed E-state index contributed by atoms with van der Waals surface area (Å²) in [5.74, 6) is 6.62. The third-order valence-electron chi connectivity index (χ3n) is 5.56. The van der Waals surface area contributed by atoms with Crippen molar-refractivity contribution in [1.29, 1.82) is 0 Å². The van der Waals surface area contributed by atoms with Gasteiger partial charge >= 0.3 is 0 Å². The number of hydrogen-bond donors (Lipinski definition) is 2. The van der Waals surface area contributed by atoms with Crippen molar-refractivity contribution >= 4 is 5.91 Å². The topological polar surface area (TPSA) is 83.3 Å². The van der Waals surface area contributed by atoms with E-state index in [1.165, 1.54) is 23.8 Å². The molecule has 0 saturated carbocycles. The Labute approximate surface area is 198 Å². The van der Waals surface area contributed by atoms with Gasteiger partial charge in [-0.1, -0.05) is 30.0 Å². The number of benzene rings is 2. The van der Waals surface area contributed by atoms with Gasteiger partial charge in [-0.3, -0.25) is 9.69 Å². The lowest BCUT2D eigenvalue weighted by Crippen LogP contribution is -2.28. The first-order valence-electron chi connectivity index (χ1n) is 11.3. The fourth-order valence-electron chi connectivity index (χ4n) is 3.78. The molecule has 0 saturated heterocycles. The van der Waals surface area contributed by atoms with Crippen LogP contribution in [0.3, 0.4) is 0 Å². The van der Waals surface area contributed by atoms with Crippen LogP contribution in [0.5, 0.6) is 0 Å². The number of nitrogens with zero attached hydrogens (tertiary/aromatic N) is 4. The lowest BCUT2D eigenvalue weighted by molar-refractivity contribution is 0.0948. The highest BCUT2D eigenvalue weighted by atomic mass is 19.1. The van der Waals surface area contributed by atoms with Gasteiger partial charge in [0.15, 0.2) is 5.82 Å². The zero-order chi connectivity index (χ0) is 24.1. The molecular weight excluding hydrogens is 433 g/mol. The zero-order valence-corrected chi connectivity index (χ0v) is 19.4. The van der Waals surface area contributed by atoms with Crippen LogP contribution in [-0.4, -0.2) is 49.4 Å². The quantitative estimate of drug-likeness (QED) is 0.571. The van der Waals surface area contributed by atoms with Crippen LogP contribution in [0.15, 0.2) is 48.5 Å². The average molecular weight is 462 g/mol. The molecule has 1 aliphatic heterocycles. The summed E-state index contributed by atoms with van der Waals surface area (Å²) in [6.07, 6.45) is 0.764. The molecular formula is C26H28FN5O2. The Bertz CT molecular complexity index is 1220. The smallest absolute Gasteiger partial charge is 0.251 e. The van der Waals surface area contributed by atoms with Gasteiger partial charge in [-0.2, -0.15) is 0 Å². The summed E-state index contributed by atoms with van der Waals surface area (Å²) in [5.41, 5.74) is 1.33. The maximum Gasteiger partial charge on any atom is 0.251 e. The molecule has 0 atom stereocenters. The normalized spacial score (nSPS) is 14.0. The van der Waals surface area contributed by atoms with Gasteiger partial charge in [0.25, 0.3) is 5.91 Å². The van der Waals surface area contributed by atoms with Gasteiger partial charge in [0.2, 0.25) is 0 Å². The summed E-state index contributed by atoms with van der Waals surface area (Å²) in [6.45, 7) is 6.78. The first kappa shape index (κ1) is 23.6. The van der Waals surface area contributed by atoms with Crippen molar-refractivity contribution in [1.82, 2.24) is 25.0 Å². The van der Waals surface area contributed by atoms with Crippen LogP contribution in [0.25, 0.3) is 0 Å². The van der Waals surface area contributed by atoms with Crippen molar-refractivity contribution in [2.75, 3.05) is 13.1 Å². The number of carbonyl (C=O) groups is 1. The molecule has 2 heterocycles. The van der Waals surface area contributed by atoms with Crippen LogP contribution in [0.2, 0.25) is 0 Å². The minimum Gasteiger partial charge on any atom is -0.378 e. The number of halogens is 1. The minimum absolute atomic E-state index is 0.232. The monoisotopic (exact) mass is 461 g/mol. The Hall–Kier alpha value is -3.54. The maximum atomic E-state index is 13.4. The summed E-state index contributed by atoms with van der Waals surface area (Å²) >= 11 is 0. The standard InChI is InChI=1S/C26H28FN5O2/c1-26(2,34)12-10-19-6-8-20(9-7-19)18-31-13-11-23-29-30-24(32(23)15-14-31)17-28-25(33)21-4-3-5-22(27)16-21/h3-9,16,34H,11,13-15,17-18H2,1-2H3,(H,28,33). The number of aliphatic hydroxyl groups is 1. The van der Waals surface area contributed by atoms with Crippen LogP contribution >= 0.6 is 0 Å². The van der Waals surface area contributed by atoms with Gasteiger partial charge in [-0.15, -0.1) is 10.2 Å². The van der Waals surface area contributed by atoms with Crippen LogP contribution in [0.4, 0.5) is 4.39 Å². The molecule has 0 bridgehead atoms. The second kappa shape index (κ2) is 10.2. The summed E-state index contributed by atoms with van der Waals surface area (Å²) < 4.78 is 15.4. The second-order valence-electron chi connectivity index (χ2n) is 8.91. The van der Waals surface area contributed by atoms with Gasteiger partial charge in [0, 0.05) is 43.7 Å². The maximum absolute atomic E-state index is 13.4. The molecule has 2 aromatic carbocycles. The lowest BCUT2D eigenvalue weighted by Gasteiger charge is -2.19. The average Bonchev–Trinajstić information content (AvgIpc) is 3.08. The number of carbonyl (C=O) groups excluding carboxylic acids is 1. The first-order chi connectivity index (χ1) is 16.3. The second-order valence-corrected chi connectivity index (χ2v) is 8.91. The molecule has 0 unspecified atom stereocenters. The molecule has 176 valence electrons. The van der Waals surface area contributed by atoms with E-state index in [4.69, 9.17) is 0 Å². The fraction of sp³-hybridized carbons (Fsp3) is 0.346. The first-order valence-corrected chi connectivity index (χ1v) is 11.3. The molecule has 0 fully saturated rings. The number of hydrogen-bond acceptors (Lipinski definition) is 5.